The predicted molar refractivity (Wildman–Crippen MR) is 126 cm³/mol. The summed E-state index contributed by atoms with van der Waals surface area (Å²) in [5.41, 5.74) is 1.16. The van der Waals surface area contributed by atoms with Crippen LogP contribution in [0.2, 0.25) is 0 Å². The molecule has 160 valence electrons. The number of thioether (sulfide) groups is 1. The van der Waals surface area contributed by atoms with Crippen molar-refractivity contribution < 1.29 is 4.79 Å². The van der Waals surface area contributed by atoms with E-state index in [1.165, 1.54) is 11.8 Å². The van der Waals surface area contributed by atoms with Crippen LogP contribution in [0.1, 0.15) is 37.0 Å². The Labute approximate surface area is 186 Å². The molecule has 0 bridgehead atoms. The molecular formula is C21H27N5O2S2. The number of hydrogen-bond donors (Lipinski definition) is 0. The van der Waals surface area contributed by atoms with Gasteiger partial charge in [-0.15, -0.1) is 0 Å². The van der Waals surface area contributed by atoms with E-state index in [0.717, 1.165) is 50.5 Å². The summed E-state index contributed by atoms with van der Waals surface area (Å²) in [7, 11) is 1.70. The van der Waals surface area contributed by atoms with E-state index >= 15 is 0 Å². The van der Waals surface area contributed by atoms with Gasteiger partial charge >= 0.3 is 0 Å². The minimum Gasteiger partial charge on any atom is -0.355 e. The van der Waals surface area contributed by atoms with E-state index in [9.17, 15) is 14.9 Å². The average Bonchev–Trinajstić information content (AvgIpc) is 3.00. The van der Waals surface area contributed by atoms with Crippen LogP contribution in [0.15, 0.2) is 9.70 Å². The number of nitrogens with zero attached hydrogens (tertiary/aromatic N) is 5. The molecule has 0 N–H and O–H groups in total. The van der Waals surface area contributed by atoms with Gasteiger partial charge in [0, 0.05) is 45.3 Å². The quantitative estimate of drug-likeness (QED) is 0.509. The van der Waals surface area contributed by atoms with Crippen molar-refractivity contribution in [2.45, 2.75) is 27.2 Å². The number of carbonyl (C=O) groups is 1. The minimum atomic E-state index is -0.307. The van der Waals surface area contributed by atoms with Gasteiger partial charge in [0.1, 0.15) is 21.8 Å². The molecule has 0 aliphatic carbocycles. The van der Waals surface area contributed by atoms with Crippen molar-refractivity contribution in [1.82, 2.24) is 14.4 Å². The van der Waals surface area contributed by atoms with Gasteiger partial charge in [-0.2, -0.15) is 5.26 Å². The molecule has 3 heterocycles. The second-order valence-electron chi connectivity index (χ2n) is 7.47. The Morgan fingerprint density at radius 2 is 1.87 bits per heavy atom. The Hall–Kier alpha value is -2.15. The SMILES string of the molecule is CCCN1C(=O)/C(=C\c2c(C)c(C#N)c(=O)n(C)c2N2CCN(CC)CC2)SC1=S. The number of anilines is 1. The molecule has 2 aliphatic rings. The number of amides is 1. The molecule has 0 spiro atoms. The van der Waals surface area contributed by atoms with Gasteiger partial charge < -0.3 is 9.80 Å². The molecule has 3 rings (SSSR count). The predicted octanol–water partition coefficient (Wildman–Crippen LogP) is 2.32. The molecule has 0 unspecified atom stereocenters. The van der Waals surface area contributed by atoms with E-state index in [4.69, 9.17) is 12.2 Å². The monoisotopic (exact) mass is 445 g/mol. The average molecular weight is 446 g/mol. The lowest BCUT2D eigenvalue weighted by molar-refractivity contribution is -0.122. The molecule has 9 heteroatoms. The van der Waals surface area contributed by atoms with Gasteiger partial charge in [-0.25, -0.2) is 0 Å². The van der Waals surface area contributed by atoms with E-state index in [0.29, 0.717) is 21.3 Å². The zero-order chi connectivity index (χ0) is 22.0. The Bertz CT molecular complexity index is 1000. The van der Waals surface area contributed by atoms with Crippen LogP contribution in [0.5, 0.6) is 0 Å². The number of hydrogen-bond acceptors (Lipinski definition) is 7. The highest BCUT2D eigenvalue weighted by atomic mass is 32.2. The van der Waals surface area contributed by atoms with Crippen molar-refractivity contribution in [2.24, 2.45) is 7.05 Å². The van der Waals surface area contributed by atoms with Crippen molar-refractivity contribution in [3.05, 3.63) is 31.9 Å². The molecule has 1 aromatic heterocycles. The standard InChI is InChI=1S/C21H27N5O2S2/c1-5-7-26-20(28)17(30-21(26)29)12-15-14(3)16(13-22)19(27)23(4)18(15)25-10-8-24(6-2)9-11-25/h12H,5-11H2,1-4H3/b17-12+. The van der Waals surface area contributed by atoms with Crippen molar-refractivity contribution in [1.29, 1.82) is 5.26 Å². The van der Waals surface area contributed by atoms with Crippen LogP contribution in [0.4, 0.5) is 5.82 Å². The highest BCUT2D eigenvalue weighted by Crippen LogP contribution is 2.35. The van der Waals surface area contributed by atoms with Crippen LogP contribution < -0.4 is 10.5 Å². The zero-order valence-electron chi connectivity index (χ0n) is 17.9. The fraction of sp³-hybridized carbons (Fsp3) is 0.524. The fourth-order valence-corrected chi connectivity index (χ4v) is 5.21. The van der Waals surface area contributed by atoms with Gasteiger partial charge in [0.05, 0.1) is 4.91 Å². The molecule has 1 amide bonds. The number of rotatable bonds is 5. The summed E-state index contributed by atoms with van der Waals surface area (Å²) in [6.07, 6.45) is 2.64. The number of thiocarbonyl (C=S) groups is 1. The lowest BCUT2D eigenvalue weighted by Gasteiger charge is -2.37. The fourth-order valence-electron chi connectivity index (χ4n) is 3.92. The molecule has 1 aromatic rings. The Morgan fingerprint density at radius 1 is 1.20 bits per heavy atom. The lowest BCUT2D eigenvalue weighted by Crippen LogP contribution is -2.48. The highest BCUT2D eigenvalue weighted by Gasteiger charge is 2.32. The third-order valence-electron chi connectivity index (χ3n) is 5.68. The van der Waals surface area contributed by atoms with Crippen LogP contribution in [-0.4, -0.2) is 63.9 Å². The van der Waals surface area contributed by atoms with Gasteiger partial charge in [-0.3, -0.25) is 19.1 Å². The highest BCUT2D eigenvalue weighted by molar-refractivity contribution is 8.26. The summed E-state index contributed by atoms with van der Waals surface area (Å²) in [6, 6.07) is 2.05. The zero-order valence-corrected chi connectivity index (χ0v) is 19.5. The molecule has 0 atom stereocenters. The first-order valence-corrected chi connectivity index (χ1v) is 11.4. The number of pyridine rings is 1. The minimum absolute atomic E-state index is 0.111. The summed E-state index contributed by atoms with van der Waals surface area (Å²) >= 11 is 6.67. The van der Waals surface area contributed by atoms with Crippen LogP contribution in [0.25, 0.3) is 6.08 Å². The molecule has 30 heavy (non-hydrogen) atoms. The summed E-state index contributed by atoms with van der Waals surface area (Å²) in [5.74, 6) is 0.647. The van der Waals surface area contributed by atoms with Gasteiger partial charge in [-0.1, -0.05) is 37.8 Å². The van der Waals surface area contributed by atoms with E-state index in [1.807, 2.05) is 19.1 Å². The Balaban J connectivity index is 2.13. The first kappa shape index (κ1) is 22.5. The number of nitriles is 1. The topological polar surface area (TPSA) is 72.6 Å². The third-order valence-corrected chi connectivity index (χ3v) is 7.06. The molecule has 0 saturated carbocycles. The normalized spacial score (nSPS) is 19.1. The van der Waals surface area contributed by atoms with E-state index in [-0.39, 0.29) is 17.0 Å². The van der Waals surface area contributed by atoms with E-state index < -0.39 is 0 Å². The smallest absolute Gasteiger partial charge is 0.270 e. The molecule has 2 aliphatic heterocycles. The molecule has 7 nitrogen and oxygen atoms in total. The number of likely N-dealkylation sites (N-methyl/N-ethyl adjacent to an activating group) is 1. The summed E-state index contributed by atoms with van der Waals surface area (Å²) < 4.78 is 2.10. The second kappa shape index (κ2) is 9.33. The van der Waals surface area contributed by atoms with Crippen molar-refractivity contribution in [3.8, 4) is 6.07 Å². The maximum absolute atomic E-state index is 12.9. The molecule has 2 saturated heterocycles. The van der Waals surface area contributed by atoms with Crippen LogP contribution in [0.3, 0.4) is 0 Å². The number of piperazine rings is 1. The maximum Gasteiger partial charge on any atom is 0.270 e. The maximum atomic E-state index is 12.9. The van der Waals surface area contributed by atoms with E-state index in [2.05, 4.69) is 16.7 Å². The van der Waals surface area contributed by atoms with Crippen molar-refractivity contribution >= 4 is 46.1 Å². The Kier molecular flexibility index (Phi) is 7.01. The number of aromatic nitrogens is 1. The Morgan fingerprint density at radius 3 is 2.43 bits per heavy atom. The first-order chi connectivity index (χ1) is 14.3. The summed E-state index contributed by atoms with van der Waals surface area (Å²) in [4.78, 5) is 32.4. The molecular weight excluding hydrogens is 418 g/mol. The van der Waals surface area contributed by atoms with Crippen LogP contribution >= 0.6 is 24.0 Å². The van der Waals surface area contributed by atoms with Gasteiger partial charge in [0.15, 0.2) is 0 Å². The first-order valence-electron chi connectivity index (χ1n) is 10.2. The van der Waals surface area contributed by atoms with Gasteiger partial charge in [-0.05, 0) is 31.5 Å². The third kappa shape index (κ3) is 4.04. The largest absolute Gasteiger partial charge is 0.355 e. The van der Waals surface area contributed by atoms with E-state index in [1.54, 1.807) is 23.4 Å². The van der Waals surface area contributed by atoms with Gasteiger partial charge in [0.2, 0.25) is 0 Å². The van der Waals surface area contributed by atoms with Crippen molar-refractivity contribution in [2.75, 3.05) is 44.2 Å². The van der Waals surface area contributed by atoms with Crippen LogP contribution in [0, 0.1) is 18.3 Å². The van der Waals surface area contributed by atoms with Crippen molar-refractivity contribution in [3.63, 3.8) is 0 Å². The summed E-state index contributed by atoms with van der Waals surface area (Å²) in [5, 5.41) is 9.58. The number of carbonyl (C=O) groups excluding carboxylic acids is 1. The lowest BCUT2D eigenvalue weighted by atomic mass is 10.0. The molecule has 2 fully saturated rings. The summed E-state index contributed by atoms with van der Waals surface area (Å²) in [6.45, 7) is 10.9. The van der Waals surface area contributed by atoms with Gasteiger partial charge in [0.25, 0.3) is 11.5 Å². The molecule has 0 radical (unpaired) electrons. The van der Waals surface area contributed by atoms with Crippen LogP contribution in [-0.2, 0) is 11.8 Å². The second-order valence-corrected chi connectivity index (χ2v) is 9.14. The molecule has 0 aromatic carbocycles.